The number of aliphatic hydroxyl groups excluding tert-OH is 1. The molecule has 0 spiro atoms. The minimum absolute atomic E-state index is 0.138. The Balaban J connectivity index is 1.50. The number of para-hydroxylation sites is 1. The van der Waals surface area contributed by atoms with Gasteiger partial charge in [0, 0.05) is 28.9 Å². The Bertz CT molecular complexity index is 1240. The van der Waals surface area contributed by atoms with E-state index in [0.717, 1.165) is 46.1 Å². The summed E-state index contributed by atoms with van der Waals surface area (Å²) in [5, 5.41) is 11.4. The maximum atomic E-state index is 13.6. The lowest BCUT2D eigenvalue weighted by molar-refractivity contribution is -0.128. The largest absolute Gasteiger partial charge is 0.389 e. The van der Waals surface area contributed by atoms with E-state index in [4.69, 9.17) is 9.72 Å². The van der Waals surface area contributed by atoms with Crippen molar-refractivity contribution in [1.29, 1.82) is 0 Å². The van der Waals surface area contributed by atoms with E-state index in [1.54, 1.807) is 18.2 Å². The lowest BCUT2D eigenvalue weighted by atomic mass is 9.92. The third-order valence-electron chi connectivity index (χ3n) is 6.04. The van der Waals surface area contributed by atoms with Crippen molar-refractivity contribution in [3.8, 4) is 11.1 Å². The van der Waals surface area contributed by atoms with Crippen molar-refractivity contribution in [1.82, 2.24) is 4.98 Å². The number of rotatable bonds is 9. The number of halogens is 1. The van der Waals surface area contributed by atoms with Crippen LogP contribution in [0.15, 0.2) is 54.6 Å². The molecule has 2 heterocycles. The Hall–Kier alpha value is -3.22. The standard InChI is InChI=1S/C27H24FNO4/c28-18-9-7-16(8-10-18)26-21-3-1-2-4-23(21)29-27(17-5-6-17)22(26)12-11-19(30)13-20(31)14-24(32)25-15-33-25/h1-4,7-12,17,19,25,30H,5-6,13-15H2/b12-11+. The van der Waals surface area contributed by atoms with Gasteiger partial charge in [0.25, 0.3) is 0 Å². The summed E-state index contributed by atoms with van der Waals surface area (Å²) < 4.78 is 18.5. The molecule has 2 atom stereocenters. The predicted molar refractivity (Wildman–Crippen MR) is 123 cm³/mol. The maximum Gasteiger partial charge on any atom is 0.171 e. The number of aromatic nitrogens is 1. The van der Waals surface area contributed by atoms with Crippen LogP contribution < -0.4 is 0 Å². The summed E-state index contributed by atoms with van der Waals surface area (Å²) in [6, 6.07) is 14.2. The molecule has 5 nitrogen and oxygen atoms in total. The first-order chi connectivity index (χ1) is 16.0. The fourth-order valence-electron chi connectivity index (χ4n) is 4.13. The molecule has 0 amide bonds. The number of aliphatic hydroxyl groups is 1. The first-order valence-corrected chi connectivity index (χ1v) is 11.2. The molecule has 2 aromatic carbocycles. The van der Waals surface area contributed by atoms with Gasteiger partial charge in [-0.3, -0.25) is 14.6 Å². The number of ketones is 2. The second-order valence-corrected chi connectivity index (χ2v) is 8.72. The highest BCUT2D eigenvalue weighted by atomic mass is 19.1. The zero-order chi connectivity index (χ0) is 22.9. The second kappa shape index (κ2) is 8.96. The number of Topliss-reactive ketones (excluding diaryl/α,β-unsaturated/α-hetero) is 2. The van der Waals surface area contributed by atoms with Crippen molar-refractivity contribution >= 4 is 28.5 Å². The van der Waals surface area contributed by atoms with Gasteiger partial charge in [0.2, 0.25) is 0 Å². The molecule has 1 aliphatic heterocycles. The van der Waals surface area contributed by atoms with Gasteiger partial charge in [-0.2, -0.15) is 0 Å². The Kier molecular flexibility index (Phi) is 5.87. The summed E-state index contributed by atoms with van der Waals surface area (Å²) in [5.41, 5.74) is 4.48. The van der Waals surface area contributed by atoms with Gasteiger partial charge >= 0.3 is 0 Å². The van der Waals surface area contributed by atoms with Crippen LogP contribution in [0.3, 0.4) is 0 Å². The van der Waals surface area contributed by atoms with E-state index < -0.39 is 12.2 Å². The smallest absolute Gasteiger partial charge is 0.171 e. The lowest BCUT2D eigenvalue weighted by Gasteiger charge is -2.16. The Morgan fingerprint density at radius 3 is 2.58 bits per heavy atom. The van der Waals surface area contributed by atoms with Crippen LogP contribution in [-0.4, -0.2) is 40.5 Å². The number of benzene rings is 2. The maximum absolute atomic E-state index is 13.6. The van der Waals surface area contributed by atoms with Crippen LogP contribution in [0.4, 0.5) is 4.39 Å². The number of epoxide rings is 1. The molecule has 3 aromatic rings. The monoisotopic (exact) mass is 445 g/mol. The quantitative estimate of drug-likeness (QED) is 0.384. The number of ether oxygens (including phenoxy) is 1. The van der Waals surface area contributed by atoms with Crippen LogP contribution in [0.5, 0.6) is 0 Å². The van der Waals surface area contributed by atoms with Crippen molar-refractivity contribution in [2.45, 2.75) is 43.8 Å². The molecule has 1 aromatic heterocycles. The lowest BCUT2D eigenvalue weighted by Crippen LogP contribution is -2.17. The number of hydrogen-bond acceptors (Lipinski definition) is 5. The molecule has 6 heteroatoms. The van der Waals surface area contributed by atoms with Crippen molar-refractivity contribution < 1.29 is 23.8 Å². The third-order valence-corrected chi connectivity index (χ3v) is 6.04. The molecule has 5 rings (SSSR count). The second-order valence-electron chi connectivity index (χ2n) is 8.72. The summed E-state index contributed by atoms with van der Waals surface area (Å²) in [6.07, 6.45) is 3.65. The molecule has 0 bridgehead atoms. The fourth-order valence-corrected chi connectivity index (χ4v) is 4.13. The number of nitrogens with zero attached hydrogens (tertiary/aromatic N) is 1. The van der Waals surface area contributed by atoms with Gasteiger partial charge in [0.15, 0.2) is 5.78 Å². The van der Waals surface area contributed by atoms with Crippen molar-refractivity contribution in [3.63, 3.8) is 0 Å². The van der Waals surface area contributed by atoms with E-state index in [9.17, 15) is 19.1 Å². The zero-order valence-corrected chi connectivity index (χ0v) is 18.0. The van der Waals surface area contributed by atoms with Gasteiger partial charge in [0.05, 0.1) is 30.3 Å². The average Bonchev–Trinajstić information content (AvgIpc) is 3.70. The molecule has 33 heavy (non-hydrogen) atoms. The number of hydrogen-bond donors (Lipinski definition) is 1. The first-order valence-electron chi connectivity index (χ1n) is 11.2. The van der Waals surface area contributed by atoms with E-state index in [0.29, 0.717) is 12.5 Å². The zero-order valence-electron chi connectivity index (χ0n) is 18.0. The summed E-state index contributed by atoms with van der Waals surface area (Å²) in [7, 11) is 0. The SMILES string of the molecule is O=C(CC(=O)C1CO1)CC(O)/C=C/c1c(C2CC2)nc2ccccc2c1-c1ccc(F)cc1. The molecule has 0 radical (unpaired) electrons. The Morgan fingerprint density at radius 1 is 1.15 bits per heavy atom. The Labute approximate surface area is 190 Å². The highest BCUT2D eigenvalue weighted by Gasteiger charge is 2.32. The van der Waals surface area contributed by atoms with Gasteiger partial charge in [-0.05, 0) is 36.6 Å². The van der Waals surface area contributed by atoms with E-state index >= 15 is 0 Å². The van der Waals surface area contributed by atoms with E-state index in [1.807, 2.05) is 30.3 Å². The number of pyridine rings is 1. The number of fused-ring (bicyclic) bond motifs is 1. The van der Waals surface area contributed by atoms with Crippen molar-refractivity contribution in [2.24, 2.45) is 0 Å². The van der Waals surface area contributed by atoms with Crippen molar-refractivity contribution in [3.05, 3.63) is 71.7 Å². The summed E-state index contributed by atoms with van der Waals surface area (Å²) in [4.78, 5) is 28.9. The minimum atomic E-state index is -1.02. The van der Waals surface area contributed by atoms with E-state index in [1.165, 1.54) is 12.1 Å². The van der Waals surface area contributed by atoms with Crippen molar-refractivity contribution in [2.75, 3.05) is 6.61 Å². The normalized spacial score (nSPS) is 18.5. The summed E-state index contributed by atoms with van der Waals surface area (Å²) in [6.45, 7) is 0.375. The van der Waals surface area contributed by atoms with Crippen LogP contribution in [-0.2, 0) is 14.3 Å². The minimum Gasteiger partial charge on any atom is -0.389 e. The van der Waals surface area contributed by atoms with Gasteiger partial charge < -0.3 is 9.84 Å². The van der Waals surface area contributed by atoms with Crippen LogP contribution in [0.25, 0.3) is 28.1 Å². The first kappa shape index (κ1) is 21.6. The van der Waals surface area contributed by atoms with Gasteiger partial charge in [0.1, 0.15) is 17.7 Å². The Morgan fingerprint density at radius 2 is 1.88 bits per heavy atom. The van der Waals surface area contributed by atoms with Gasteiger partial charge in [-0.15, -0.1) is 0 Å². The molecule has 1 saturated carbocycles. The van der Waals surface area contributed by atoms with E-state index in [2.05, 4.69) is 0 Å². The van der Waals surface area contributed by atoms with Gasteiger partial charge in [-0.25, -0.2) is 4.39 Å². The average molecular weight is 445 g/mol. The molecule has 2 unspecified atom stereocenters. The molecular formula is C27H24FNO4. The molecule has 2 aliphatic rings. The van der Waals surface area contributed by atoms with Gasteiger partial charge in [-0.1, -0.05) is 42.5 Å². The number of carbonyl (C=O) groups is 2. The predicted octanol–water partition coefficient (Wildman–Crippen LogP) is 4.61. The molecule has 1 saturated heterocycles. The highest BCUT2D eigenvalue weighted by molar-refractivity contribution is 6.02. The fraction of sp³-hybridized carbons (Fsp3) is 0.296. The molecule has 1 aliphatic carbocycles. The molecule has 168 valence electrons. The molecule has 2 fully saturated rings. The topological polar surface area (TPSA) is 79.8 Å². The summed E-state index contributed by atoms with van der Waals surface area (Å²) in [5.74, 6) is -0.518. The third kappa shape index (κ3) is 4.92. The highest BCUT2D eigenvalue weighted by Crippen LogP contribution is 2.45. The van der Waals surface area contributed by atoms with Crippen LogP contribution in [0.2, 0.25) is 0 Å². The molecule has 1 N–H and O–H groups in total. The van der Waals surface area contributed by atoms with Crippen LogP contribution >= 0.6 is 0 Å². The van der Waals surface area contributed by atoms with Crippen LogP contribution in [0, 0.1) is 5.82 Å². The molecular weight excluding hydrogens is 421 g/mol. The van der Waals surface area contributed by atoms with E-state index in [-0.39, 0.29) is 30.2 Å². The van der Waals surface area contributed by atoms with Crippen LogP contribution in [0.1, 0.15) is 42.9 Å². The number of carbonyl (C=O) groups excluding carboxylic acids is 2. The summed E-state index contributed by atoms with van der Waals surface area (Å²) >= 11 is 0.